The van der Waals surface area contributed by atoms with E-state index in [9.17, 15) is 9.50 Å². The van der Waals surface area contributed by atoms with Crippen LogP contribution in [0.15, 0.2) is 18.3 Å². The van der Waals surface area contributed by atoms with Crippen molar-refractivity contribution in [2.45, 2.75) is 0 Å². The Bertz CT molecular complexity index is 627. The van der Waals surface area contributed by atoms with Crippen LogP contribution in [-0.4, -0.2) is 14.9 Å². The second-order valence-corrected chi connectivity index (χ2v) is 3.50. The Kier molecular flexibility index (Phi) is 2.44. The van der Waals surface area contributed by atoms with Crippen LogP contribution in [0.2, 0.25) is 0 Å². The molecule has 17 heavy (non-hydrogen) atoms. The second-order valence-electron chi connectivity index (χ2n) is 3.50. The minimum Gasteiger partial charge on any atom is -0.504 e. The maximum absolute atomic E-state index is 13.8. The van der Waals surface area contributed by atoms with E-state index in [-0.39, 0.29) is 16.8 Å². The van der Waals surface area contributed by atoms with E-state index < -0.39 is 11.6 Å². The normalized spacial score (nSPS) is 10.2. The van der Waals surface area contributed by atoms with Gasteiger partial charge in [-0.15, -0.1) is 0 Å². The third-order valence-electron chi connectivity index (χ3n) is 2.47. The molecule has 5 nitrogen and oxygen atoms in total. The number of aryl methyl sites for hydroxylation is 1. The number of benzene rings is 1. The lowest BCUT2D eigenvalue weighted by atomic mass is 10.0. The first-order valence-corrected chi connectivity index (χ1v) is 4.75. The predicted molar refractivity (Wildman–Crippen MR) is 59.4 cm³/mol. The van der Waals surface area contributed by atoms with E-state index in [0.29, 0.717) is 5.69 Å². The molecule has 0 atom stereocenters. The van der Waals surface area contributed by atoms with Crippen LogP contribution in [0.5, 0.6) is 5.75 Å². The lowest BCUT2D eigenvalue weighted by molar-refractivity contribution is 0.474. The molecule has 0 spiro atoms. The summed E-state index contributed by atoms with van der Waals surface area (Å²) >= 11 is 0. The first kappa shape index (κ1) is 11.0. The van der Waals surface area contributed by atoms with Crippen LogP contribution in [0.4, 0.5) is 10.1 Å². The molecule has 86 valence electrons. The lowest BCUT2D eigenvalue weighted by Gasteiger charge is -2.09. The van der Waals surface area contributed by atoms with Crippen molar-refractivity contribution in [1.82, 2.24) is 9.78 Å². The number of anilines is 1. The number of halogens is 1. The summed E-state index contributed by atoms with van der Waals surface area (Å²) in [5, 5.41) is 22.5. The van der Waals surface area contributed by atoms with Gasteiger partial charge in [-0.1, -0.05) is 0 Å². The summed E-state index contributed by atoms with van der Waals surface area (Å²) in [6, 6.07) is 4.29. The van der Waals surface area contributed by atoms with E-state index in [2.05, 4.69) is 5.10 Å². The zero-order valence-corrected chi connectivity index (χ0v) is 8.98. The Morgan fingerprint density at radius 2 is 2.29 bits per heavy atom. The van der Waals surface area contributed by atoms with Crippen LogP contribution in [0.3, 0.4) is 0 Å². The van der Waals surface area contributed by atoms with Crippen molar-refractivity contribution in [3.8, 4) is 23.1 Å². The smallest absolute Gasteiger partial charge is 0.157 e. The van der Waals surface area contributed by atoms with Crippen molar-refractivity contribution in [1.29, 1.82) is 5.26 Å². The molecule has 0 saturated carbocycles. The standard InChI is InChI=1S/C11H9FN4O/c1-16-9(2-3-15-16)10-6(5-13)11(17)8(14)4-7(10)12/h2-4,17H,14H2,1H3. The van der Waals surface area contributed by atoms with Gasteiger partial charge in [-0.05, 0) is 6.07 Å². The lowest BCUT2D eigenvalue weighted by Crippen LogP contribution is -2.00. The molecule has 0 aliphatic heterocycles. The topological polar surface area (TPSA) is 87.9 Å². The van der Waals surface area contributed by atoms with Crippen molar-refractivity contribution in [3.05, 3.63) is 29.7 Å². The summed E-state index contributed by atoms with van der Waals surface area (Å²) < 4.78 is 15.2. The number of rotatable bonds is 1. The molecule has 3 N–H and O–H groups in total. The van der Waals surface area contributed by atoms with E-state index in [4.69, 9.17) is 11.0 Å². The van der Waals surface area contributed by atoms with Crippen LogP contribution >= 0.6 is 0 Å². The Hall–Kier alpha value is -2.55. The first-order valence-electron chi connectivity index (χ1n) is 4.75. The number of aromatic hydroxyl groups is 1. The summed E-state index contributed by atoms with van der Waals surface area (Å²) in [6.45, 7) is 0. The Morgan fingerprint density at radius 3 is 2.82 bits per heavy atom. The van der Waals surface area contributed by atoms with E-state index >= 15 is 0 Å². The highest BCUT2D eigenvalue weighted by molar-refractivity contribution is 5.77. The average molecular weight is 232 g/mol. The van der Waals surface area contributed by atoms with E-state index in [0.717, 1.165) is 6.07 Å². The van der Waals surface area contributed by atoms with Crippen LogP contribution in [0, 0.1) is 17.1 Å². The number of nitrogen functional groups attached to an aromatic ring is 1. The van der Waals surface area contributed by atoms with Gasteiger partial charge in [0.2, 0.25) is 0 Å². The molecule has 0 aliphatic carbocycles. The van der Waals surface area contributed by atoms with Crippen molar-refractivity contribution >= 4 is 5.69 Å². The number of phenolic OH excluding ortho intramolecular Hbond substituents is 1. The molecular weight excluding hydrogens is 223 g/mol. The van der Waals surface area contributed by atoms with Crippen molar-refractivity contribution in [2.24, 2.45) is 7.05 Å². The summed E-state index contributed by atoms with van der Waals surface area (Å²) in [4.78, 5) is 0. The fourth-order valence-electron chi connectivity index (χ4n) is 1.64. The van der Waals surface area contributed by atoms with Crippen LogP contribution in [0.25, 0.3) is 11.3 Å². The molecule has 2 rings (SSSR count). The van der Waals surface area contributed by atoms with Crippen LogP contribution in [0.1, 0.15) is 5.56 Å². The molecule has 1 aromatic carbocycles. The number of hydrogen-bond acceptors (Lipinski definition) is 4. The molecule has 6 heteroatoms. The minimum atomic E-state index is -0.666. The van der Waals surface area contributed by atoms with Gasteiger partial charge in [0.15, 0.2) is 5.75 Å². The summed E-state index contributed by atoms with van der Waals surface area (Å²) in [5.41, 5.74) is 5.44. The van der Waals surface area contributed by atoms with Gasteiger partial charge in [-0.25, -0.2) is 4.39 Å². The van der Waals surface area contributed by atoms with Gasteiger partial charge in [0.05, 0.1) is 16.9 Å². The highest BCUT2D eigenvalue weighted by atomic mass is 19.1. The molecule has 0 fully saturated rings. The summed E-state index contributed by atoms with van der Waals surface area (Å²) in [5.74, 6) is -1.08. The monoisotopic (exact) mass is 232 g/mol. The number of hydrogen-bond donors (Lipinski definition) is 2. The molecule has 0 saturated heterocycles. The van der Waals surface area contributed by atoms with E-state index in [1.165, 1.54) is 10.9 Å². The maximum atomic E-state index is 13.8. The predicted octanol–water partition coefficient (Wildman–Crippen LogP) is 1.39. The van der Waals surface area contributed by atoms with Gasteiger partial charge < -0.3 is 10.8 Å². The molecule has 2 aromatic rings. The SMILES string of the molecule is Cn1nccc1-c1c(F)cc(N)c(O)c1C#N. The first-order chi connectivity index (χ1) is 8.06. The number of nitrogens with zero attached hydrogens (tertiary/aromatic N) is 3. The number of nitriles is 1. The van der Waals surface area contributed by atoms with Gasteiger partial charge >= 0.3 is 0 Å². The van der Waals surface area contributed by atoms with Crippen molar-refractivity contribution in [2.75, 3.05) is 5.73 Å². The summed E-state index contributed by atoms with van der Waals surface area (Å²) in [6.07, 6.45) is 1.48. The largest absolute Gasteiger partial charge is 0.504 e. The van der Waals surface area contributed by atoms with E-state index in [1.54, 1.807) is 19.2 Å². The number of phenols is 1. The molecule has 0 aliphatic rings. The molecule has 0 amide bonds. The highest BCUT2D eigenvalue weighted by Crippen LogP contribution is 2.35. The highest BCUT2D eigenvalue weighted by Gasteiger charge is 2.19. The molecule has 1 aromatic heterocycles. The Labute approximate surface area is 96.5 Å². The average Bonchev–Trinajstić information content (AvgIpc) is 2.69. The molecule has 1 heterocycles. The van der Waals surface area contributed by atoms with Gasteiger partial charge in [0.25, 0.3) is 0 Å². The van der Waals surface area contributed by atoms with Gasteiger partial charge in [-0.2, -0.15) is 10.4 Å². The van der Waals surface area contributed by atoms with E-state index in [1.807, 2.05) is 0 Å². The Balaban J connectivity index is 2.84. The fraction of sp³-hybridized carbons (Fsp3) is 0.0909. The number of aromatic nitrogens is 2. The number of nitrogens with two attached hydrogens (primary N) is 1. The molecule has 0 bridgehead atoms. The Morgan fingerprint density at radius 1 is 1.59 bits per heavy atom. The van der Waals surface area contributed by atoms with Gasteiger partial charge in [0, 0.05) is 19.3 Å². The van der Waals surface area contributed by atoms with Gasteiger partial charge in [0.1, 0.15) is 17.4 Å². The zero-order valence-electron chi connectivity index (χ0n) is 8.98. The molecule has 0 radical (unpaired) electrons. The zero-order chi connectivity index (χ0) is 12.6. The third kappa shape index (κ3) is 1.58. The van der Waals surface area contributed by atoms with Crippen LogP contribution < -0.4 is 5.73 Å². The second kappa shape index (κ2) is 3.79. The quantitative estimate of drug-likeness (QED) is 0.574. The van der Waals surface area contributed by atoms with Crippen LogP contribution in [-0.2, 0) is 7.05 Å². The summed E-state index contributed by atoms with van der Waals surface area (Å²) in [7, 11) is 1.61. The maximum Gasteiger partial charge on any atom is 0.157 e. The fourth-order valence-corrected chi connectivity index (χ4v) is 1.64. The third-order valence-corrected chi connectivity index (χ3v) is 2.47. The van der Waals surface area contributed by atoms with Crippen molar-refractivity contribution in [3.63, 3.8) is 0 Å². The van der Waals surface area contributed by atoms with Crippen molar-refractivity contribution < 1.29 is 9.50 Å². The minimum absolute atomic E-state index is 0.000741. The molecular formula is C11H9FN4O. The molecule has 0 unspecified atom stereocenters. The van der Waals surface area contributed by atoms with Gasteiger partial charge in [-0.3, -0.25) is 4.68 Å².